The molecule has 4 fully saturated rings. The molecule has 2 atom stereocenters. The molecule has 3 aliphatic heterocycles. The van der Waals surface area contributed by atoms with E-state index in [-0.39, 0.29) is 5.91 Å². The fourth-order valence-corrected chi connectivity index (χ4v) is 4.93. The number of rotatable bonds is 6. The maximum atomic E-state index is 13.2. The van der Waals surface area contributed by atoms with Crippen LogP contribution in [0.3, 0.4) is 0 Å². The minimum atomic E-state index is 0.119. The van der Waals surface area contributed by atoms with Crippen molar-refractivity contribution >= 4 is 5.91 Å². The molecule has 3 saturated heterocycles. The van der Waals surface area contributed by atoms with Crippen molar-refractivity contribution in [1.29, 1.82) is 0 Å². The summed E-state index contributed by atoms with van der Waals surface area (Å²) in [5, 5.41) is 0. The molecular weight excluding hydrogens is 360 g/mol. The number of hydrogen-bond donors (Lipinski definition) is 0. The first kappa shape index (κ1) is 18.7. The Bertz CT molecular complexity index is 834. The van der Waals surface area contributed by atoms with Gasteiger partial charge in [-0.3, -0.25) is 4.79 Å². The van der Waals surface area contributed by atoms with Gasteiger partial charge in [-0.2, -0.15) is 0 Å². The highest BCUT2D eigenvalue weighted by molar-refractivity contribution is 5.94. The number of nitrogens with zero attached hydrogens (tertiary/aromatic N) is 4. The SMILES string of the molecule is O=C(c1cnc(C2CC2)nc1)N1CC2CCC1CN(CCCc1ccccc1)C2. The lowest BCUT2D eigenvalue weighted by atomic mass is 9.94. The predicted molar refractivity (Wildman–Crippen MR) is 113 cm³/mol. The van der Waals surface area contributed by atoms with Gasteiger partial charge in [-0.05, 0) is 56.6 Å². The van der Waals surface area contributed by atoms with Crippen molar-refractivity contribution in [2.24, 2.45) is 5.92 Å². The van der Waals surface area contributed by atoms with Crippen LogP contribution in [-0.2, 0) is 6.42 Å². The first-order valence-corrected chi connectivity index (χ1v) is 11.2. The molecule has 1 aromatic carbocycles. The fraction of sp³-hybridized carbons (Fsp3) is 0.542. The highest BCUT2D eigenvalue weighted by Gasteiger charge is 2.37. The summed E-state index contributed by atoms with van der Waals surface area (Å²) in [5.74, 6) is 2.13. The smallest absolute Gasteiger partial charge is 0.257 e. The Morgan fingerprint density at radius 3 is 2.52 bits per heavy atom. The molecule has 0 spiro atoms. The van der Waals surface area contributed by atoms with Gasteiger partial charge in [-0.15, -0.1) is 0 Å². The first-order chi connectivity index (χ1) is 14.3. The summed E-state index contributed by atoms with van der Waals surface area (Å²) in [4.78, 5) is 26.8. The van der Waals surface area contributed by atoms with Gasteiger partial charge < -0.3 is 9.80 Å². The number of carbonyl (C=O) groups excluding carboxylic acids is 1. The topological polar surface area (TPSA) is 49.3 Å². The molecule has 2 aromatic rings. The van der Waals surface area contributed by atoms with Crippen LogP contribution in [0.5, 0.6) is 0 Å². The Morgan fingerprint density at radius 1 is 0.966 bits per heavy atom. The van der Waals surface area contributed by atoms with Crippen LogP contribution in [0.2, 0.25) is 0 Å². The van der Waals surface area contributed by atoms with Gasteiger partial charge in [0.2, 0.25) is 0 Å². The molecule has 2 bridgehead atoms. The summed E-state index contributed by atoms with van der Waals surface area (Å²) >= 11 is 0. The van der Waals surface area contributed by atoms with Crippen LogP contribution in [0.25, 0.3) is 0 Å². The molecule has 29 heavy (non-hydrogen) atoms. The number of fused-ring (bicyclic) bond motifs is 4. The Balaban J connectivity index is 1.20. The molecule has 1 saturated carbocycles. The average molecular weight is 391 g/mol. The lowest BCUT2D eigenvalue weighted by Gasteiger charge is -2.36. The Labute approximate surface area is 173 Å². The van der Waals surface area contributed by atoms with E-state index in [0.29, 0.717) is 23.4 Å². The van der Waals surface area contributed by atoms with Gasteiger partial charge in [-0.25, -0.2) is 9.97 Å². The summed E-state index contributed by atoms with van der Waals surface area (Å²) in [5.41, 5.74) is 2.06. The van der Waals surface area contributed by atoms with Crippen LogP contribution in [0.1, 0.15) is 59.8 Å². The molecule has 6 rings (SSSR count). The quantitative estimate of drug-likeness (QED) is 0.757. The molecule has 2 unspecified atom stereocenters. The summed E-state index contributed by atoms with van der Waals surface area (Å²) in [6.07, 6.45) is 10.5. The fourth-order valence-electron chi connectivity index (χ4n) is 4.93. The van der Waals surface area contributed by atoms with E-state index in [1.54, 1.807) is 12.4 Å². The van der Waals surface area contributed by atoms with E-state index in [9.17, 15) is 4.79 Å². The second kappa shape index (κ2) is 8.23. The van der Waals surface area contributed by atoms with Crippen molar-refractivity contribution in [3.8, 4) is 0 Å². The highest BCUT2D eigenvalue weighted by atomic mass is 16.2. The van der Waals surface area contributed by atoms with Crippen LogP contribution in [0.15, 0.2) is 42.7 Å². The van der Waals surface area contributed by atoms with E-state index in [2.05, 4.69) is 50.1 Å². The highest BCUT2D eigenvalue weighted by Crippen LogP contribution is 2.37. The van der Waals surface area contributed by atoms with Crippen molar-refractivity contribution < 1.29 is 4.79 Å². The molecule has 4 heterocycles. The second-order valence-corrected chi connectivity index (χ2v) is 9.01. The molecule has 5 nitrogen and oxygen atoms in total. The Kier molecular flexibility index (Phi) is 5.32. The third-order valence-corrected chi connectivity index (χ3v) is 6.69. The summed E-state index contributed by atoms with van der Waals surface area (Å²) in [7, 11) is 0. The van der Waals surface area contributed by atoms with Gasteiger partial charge in [0.05, 0.1) is 5.56 Å². The zero-order chi connectivity index (χ0) is 19.6. The third-order valence-electron chi connectivity index (χ3n) is 6.69. The lowest BCUT2D eigenvalue weighted by Crippen LogP contribution is -2.47. The van der Waals surface area contributed by atoms with Gasteiger partial charge in [-0.1, -0.05) is 30.3 Å². The van der Waals surface area contributed by atoms with Gasteiger partial charge in [0, 0.05) is 44.0 Å². The van der Waals surface area contributed by atoms with Gasteiger partial charge in [0.15, 0.2) is 0 Å². The molecule has 5 heteroatoms. The monoisotopic (exact) mass is 390 g/mol. The summed E-state index contributed by atoms with van der Waals surface area (Å²) < 4.78 is 0. The van der Waals surface area contributed by atoms with E-state index in [1.165, 1.54) is 31.2 Å². The van der Waals surface area contributed by atoms with Crippen LogP contribution in [0, 0.1) is 5.92 Å². The molecule has 1 amide bonds. The Hall–Kier alpha value is -2.27. The maximum Gasteiger partial charge on any atom is 0.257 e. The van der Waals surface area contributed by atoms with Gasteiger partial charge in [0.25, 0.3) is 5.91 Å². The van der Waals surface area contributed by atoms with Crippen molar-refractivity contribution in [3.63, 3.8) is 0 Å². The number of aryl methyl sites for hydroxylation is 1. The van der Waals surface area contributed by atoms with Crippen molar-refractivity contribution in [2.45, 2.75) is 50.5 Å². The number of benzene rings is 1. The van der Waals surface area contributed by atoms with E-state index in [1.807, 2.05) is 0 Å². The molecule has 0 radical (unpaired) electrons. The van der Waals surface area contributed by atoms with Gasteiger partial charge in [0.1, 0.15) is 5.82 Å². The average Bonchev–Trinajstić information content (AvgIpc) is 3.62. The minimum absolute atomic E-state index is 0.119. The minimum Gasteiger partial charge on any atom is -0.334 e. The number of piperidine rings is 1. The standard InChI is InChI=1S/C24H30N4O/c29-24(21-13-25-23(26-14-21)20-9-10-20)28-16-19-8-11-22(28)17-27(15-19)12-4-7-18-5-2-1-3-6-18/h1-3,5-6,13-14,19-20,22H,4,7-12,15-17H2. The molecule has 4 aliphatic rings. The van der Waals surface area contributed by atoms with Crippen molar-refractivity contribution in [2.75, 3.05) is 26.2 Å². The van der Waals surface area contributed by atoms with Crippen LogP contribution < -0.4 is 0 Å². The third kappa shape index (κ3) is 4.35. The largest absolute Gasteiger partial charge is 0.334 e. The summed E-state index contributed by atoms with van der Waals surface area (Å²) in [6, 6.07) is 11.1. The Morgan fingerprint density at radius 2 is 1.76 bits per heavy atom. The van der Waals surface area contributed by atoms with E-state index in [4.69, 9.17) is 0 Å². The molecular formula is C24H30N4O. The summed E-state index contributed by atoms with van der Waals surface area (Å²) in [6.45, 7) is 4.11. The van der Waals surface area contributed by atoms with E-state index < -0.39 is 0 Å². The van der Waals surface area contributed by atoms with Crippen LogP contribution in [-0.4, -0.2) is 57.9 Å². The second-order valence-electron chi connectivity index (χ2n) is 9.01. The zero-order valence-electron chi connectivity index (χ0n) is 17.0. The van der Waals surface area contributed by atoms with Crippen molar-refractivity contribution in [3.05, 3.63) is 59.7 Å². The van der Waals surface area contributed by atoms with Crippen LogP contribution >= 0.6 is 0 Å². The van der Waals surface area contributed by atoms with E-state index in [0.717, 1.165) is 44.8 Å². The first-order valence-electron chi connectivity index (χ1n) is 11.2. The predicted octanol–water partition coefficient (Wildman–Crippen LogP) is 3.52. The number of carbonyl (C=O) groups is 1. The van der Waals surface area contributed by atoms with Gasteiger partial charge >= 0.3 is 0 Å². The van der Waals surface area contributed by atoms with Crippen molar-refractivity contribution in [1.82, 2.24) is 19.8 Å². The van der Waals surface area contributed by atoms with Crippen LogP contribution in [0.4, 0.5) is 0 Å². The number of amides is 1. The normalized spacial score (nSPS) is 24.5. The molecule has 1 aromatic heterocycles. The maximum absolute atomic E-state index is 13.2. The molecule has 0 N–H and O–H groups in total. The lowest BCUT2D eigenvalue weighted by molar-refractivity contribution is 0.0584. The molecule has 152 valence electrons. The zero-order valence-corrected chi connectivity index (χ0v) is 17.0. The number of hydrogen-bond acceptors (Lipinski definition) is 4. The van der Waals surface area contributed by atoms with E-state index >= 15 is 0 Å². The number of aromatic nitrogens is 2. The molecule has 1 aliphatic carbocycles.